The highest BCUT2D eigenvalue weighted by molar-refractivity contribution is 8.02. The van der Waals surface area contributed by atoms with Gasteiger partial charge in [0, 0.05) is 35.4 Å². The molecule has 0 amide bonds. The van der Waals surface area contributed by atoms with Crippen molar-refractivity contribution in [3.63, 3.8) is 0 Å². The number of anilines is 1. The number of benzene rings is 5. The molecule has 1 unspecified atom stereocenters. The molecule has 0 saturated heterocycles. The maximum absolute atomic E-state index is 12.8. The van der Waals surface area contributed by atoms with Gasteiger partial charge >= 0.3 is 23.4 Å². The van der Waals surface area contributed by atoms with Crippen LogP contribution in [0.3, 0.4) is 0 Å². The number of allylic oxidation sites excluding steroid dienone is 2. The van der Waals surface area contributed by atoms with Gasteiger partial charge in [-0.3, -0.25) is 0 Å². The first-order chi connectivity index (χ1) is 27.6. The first-order valence-corrected chi connectivity index (χ1v) is 19.1. The maximum Gasteiger partial charge on any atom is 0.481 e. The SMILES string of the molecule is C.C.C=CC(=O)OCc1ccc(NS(=C)(=O)C(F)(F)F)c2ccccc12.C=CC(=O)OCc1ccc2c(c1)CC=C(O)C2.C=CC(=O)OCc1cccc2c(O)cccc12. The predicted octanol–water partition coefficient (Wildman–Crippen LogP) is 10.1. The van der Waals surface area contributed by atoms with Gasteiger partial charge in [-0.05, 0) is 69.1 Å². The van der Waals surface area contributed by atoms with E-state index in [0.29, 0.717) is 28.5 Å². The molecule has 0 heterocycles. The number of carbonyl (C=O) groups excluding carboxylic acids is 3. The van der Waals surface area contributed by atoms with Crippen molar-refractivity contribution in [3.05, 3.63) is 169 Å². The Bertz CT molecular complexity index is 2490. The Balaban J connectivity index is 0.000000311. The molecule has 0 aromatic heterocycles. The van der Waals surface area contributed by atoms with Gasteiger partial charge in [0.2, 0.25) is 0 Å². The Morgan fingerprint density at radius 3 is 1.80 bits per heavy atom. The second-order valence-electron chi connectivity index (χ2n) is 12.4. The van der Waals surface area contributed by atoms with Gasteiger partial charge in [0.1, 0.15) is 35.3 Å². The third kappa shape index (κ3) is 13.4. The Morgan fingerprint density at radius 2 is 1.20 bits per heavy atom. The Morgan fingerprint density at radius 1 is 0.683 bits per heavy atom. The van der Waals surface area contributed by atoms with E-state index in [0.717, 1.165) is 52.1 Å². The van der Waals surface area contributed by atoms with Crippen LogP contribution in [0.4, 0.5) is 18.9 Å². The van der Waals surface area contributed by atoms with Crippen LogP contribution in [0.5, 0.6) is 5.75 Å². The smallest absolute Gasteiger partial charge is 0.481 e. The van der Waals surface area contributed by atoms with Gasteiger partial charge in [-0.15, -0.1) is 0 Å². The number of ether oxygens (including phenoxy) is 3. The van der Waals surface area contributed by atoms with E-state index in [4.69, 9.17) is 14.2 Å². The largest absolute Gasteiger partial charge is 0.512 e. The van der Waals surface area contributed by atoms with Crippen molar-refractivity contribution in [1.29, 1.82) is 0 Å². The van der Waals surface area contributed by atoms with Crippen molar-refractivity contribution >= 4 is 60.7 Å². The number of hydrogen-bond donors (Lipinski definition) is 3. The lowest BCUT2D eigenvalue weighted by atomic mass is 9.94. The number of alkyl halides is 3. The summed E-state index contributed by atoms with van der Waals surface area (Å²) in [6, 6.07) is 26.0. The summed E-state index contributed by atoms with van der Waals surface area (Å²) in [5.41, 5.74) is -0.247. The molecule has 0 radical (unpaired) electrons. The predicted molar refractivity (Wildman–Crippen MR) is 233 cm³/mol. The number of carbonyl (C=O) groups is 3. The Hall–Kier alpha value is -6.80. The van der Waals surface area contributed by atoms with Gasteiger partial charge in [0.25, 0.3) is 0 Å². The molecule has 0 spiro atoms. The molecule has 318 valence electrons. The molecule has 0 bridgehead atoms. The van der Waals surface area contributed by atoms with Gasteiger partial charge in [-0.2, -0.15) is 13.2 Å². The van der Waals surface area contributed by atoms with E-state index >= 15 is 0 Å². The average molecular weight is 848 g/mol. The van der Waals surface area contributed by atoms with Gasteiger partial charge in [-0.25, -0.2) is 18.6 Å². The number of aromatic hydroxyl groups is 1. The van der Waals surface area contributed by atoms with Crippen molar-refractivity contribution in [1.82, 2.24) is 0 Å². The molecular weight excluding hydrogens is 800 g/mol. The molecule has 10 nitrogen and oxygen atoms in total. The molecule has 6 rings (SSSR count). The highest BCUT2D eigenvalue weighted by atomic mass is 32.2. The normalized spacial score (nSPS) is 12.3. The molecule has 0 aliphatic heterocycles. The van der Waals surface area contributed by atoms with Crippen LogP contribution in [0, 0.1) is 0 Å². The fourth-order valence-electron chi connectivity index (χ4n) is 5.55. The lowest BCUT2D eigenvalue weighted by molar-refractivity contribution is -0.139. The van der Waals surface area contributed by atoms with Crippen molar-refractivity contribution < 1.29 is 56.2 Å². The summed E-state index contributed by atoms with van der Waals surface area (Å²) in [5, 5.41) is 21.7. The third-order valence-corrected chi connectivity index (χ3v) is 9.77. The minimum absolute atomic E-state index is 0. The third-order valence-electron chi connectivity index (χ3n) is 8.47. The number of aliphatic hydroxyl groups excluding tert-OH is 1. The van der Waals surface area contributed by atoms with E-state index in [1.54, 1.807) is 36.4 Å². The van der Waals surface area contributed by atoms with Crippen LogP contribution in [-0.2, 0) is 71.0 Å². The van der Waals surface area contributed by atoms with Crippen LogP contribution in [-0.4, -0.2) is 43.7 Å². The van der Waals surface area contributed by atoms with Crippen molar-refractivity contribution in [2.24, 2.45) is 0 Å². The highest BCUT2D eigenvalue weighted by Crippen LogP contribution is 2.32. The molecule has 5 aromatic carbocycles. The lowest BCUT2D eigenvalue weighted by Gasteiger charge is -2.18. The van der Waals surface area contributed by atoms with E-state index in [2.05, 4.69) is 25.6 Å². The van der Waals surface area contributed by atoms with Crippen molar-refractivity contribution in [2.75, 3.05) is 4.72 Å². The van der Waals surface area contributed by atoms with Crippen LogP contribution in [0.2, 0.25) is 0 Å². The van der Waals surface area contributed by atoms with Crippen LogP contribution < -0.4 is 4.72 Å². The quantitative estimate of drug-likeness (QED) is 0.0511. The van der Waals surface area contributed by atoms with Crippen molar-refractivity contribution in [2.45, 2.75) is 53.0 Å². The number of aliphatic hydroxyl groups is 1. The number of esters is 3. The van der Waals surface area contributed by atoms with Gasteiger partial charge in [0.05, 0.1) is 11.4 Å². The van der Waals surface area contributed by atoms with E-state index < -0.39 is 33.1 Å². The Labute approximate surface area is 348 Å². The topological polar surface area (TPSA) is 148 Å². The second-order valence-corrected chi connectivity index (χ2v) is 14.5. The van der Waals surface area contributed by atoms with E-state index in [1.807, 2.05) is 53.3 Å². The maximum atomic E-state index is 12.8. The monoisotopic (exact) mass is 847 g/mol. The van der Waals surface area contributed by atoms with Crippen LogP contribution in [0.25, 0.3) is 21.5 Å². The number of rotatable bonds is 11. The second kappa shape index (κ2) is 22.4. The fraction of sp³-hybridized carbons (Fsp3) is 0.174. The van der Waals surface area contributed by atoms with Crippen LogP contribution in [0.1, 0.15) is 42.7 Å². The molecular formula is C46H48F3NO9S. The number of fused-ring (bicyclic) bond motifs is 3. The number of phenols is 1. The zero-order valence-corrected chi connectivity index (χ0v) is 31.9. The van der Waals surface area contributed by atoms with Crippen LogP contribution >= 0.6 is 0 Å². The molecule has 5 aromatic rings. The zero-order valence-electron chi connectivity index (χ0n) is 31.1. The minimum Gasteiger partial charge on any atom is -0.512 e. The number of phenolic OH excluding ortho intramolecular Hbond substituents is 1. The average Bonchev–Trinajstić information content (AvgIpc) is 3.21. The first-order valence-electron chi connectivity index (χ1n) is 17.3. The van der Waals surface area contributed by atoms with E-state index in [9.17, 15) is 42.0 Å². The number of halogens is 3. The molecule has 60 heavy (non-hydrogen) atoms. The summed E-state index contributed by atoms with van der Waals surface area (Å²) in [6.45, 7) is 10.3. The van der Waals surface area contributed by atoms with Gasteiger partial charge in [0.15, 0.2) is 0 Å². The molecule has 14 heteroatoms. The van der Waals surface area contributed by atoms with Crippen LogP contribution in [0.15, 0.2) is 141 Å². The summed E-state index contributed by atoms with van der Waals surface area (Å²) in [5.74, 6) is 1.90. The number of hydrogen-bond acceptors (Lipinski definition) is 9. The minimum atomic E-state index is -4.98. The highest BCUT2D eigenvalue weighted by Gasteiger charge is 2.40. The Kier molecular flexibility index (Phi) is 18.4. The summed E-state index contributed by atoms with van der Waals surface area (Å²) in [4.78, 5) is 33.1. The van der Waals surface area contributed by atoms with E-state index in [-0.39, 0.29) is 46.1 Å². The van der Waals surface area contributed by atoms with Gasteiger partial charge in [-0.1, -0.05) is 113 Å². The summed E-state index contributed by atoms with van der Waals surface area (Å²) in [7, 11) is -4.53. The van der Waals surface area contributed by atoms with Gasteiger partial charge < -0.3 is 29.1 Å². The van der Waals surface area contributed by atoms with E-state index in [1.165, 1.54) is 17.7 Å². The standard InChI is InChI=1S/C16H14F3NO3S.C14H12O3.C14H14O3.2CH4/c1-3-15(21)23-10-11-8-9-14(13-7-5-4-6-12(11)13)20-24(2,22)16(17,18)19;1-2-14(16)17-9-10-5-3-7-12-11(10)6-4-8-13(12)15;1-2-14(16)17-9-10-3-4-12-8-13(15)6-5-11(12)7-10;;/h3-9H,1-2,10H2,(H,20,22);2-8,15H,1,9H2;2-4,6-7,15H,1,5,8-9H2;2*1H4. The first kappa shape index (κ1) is 49.3. The molecule has 1 atom stereocenters. The summed E-state index contributed by atoms with van der Waals surface area (Å²) < 4.78 is 67.0. The molecule has 0 fully saturated rings. The molecule has 1 aliphatic carbocycles. The van der Waals surface area contributed by atoms with Crippen molar-refractivity contribution in [3.8, 4) is 5.75 Å². The lowest BCUT2D eigenvalue weighted by Crippen LogP contribution is -2.29. The molecule has 0 saturated carbocycles. The molecule has 3 N–H and O–H groups in total. The fourth-order valence-corrected chi connectivity index (χ4v) is 6.20. The summed E-state index contributed by atoms with van der Waals surface area (Å²) in [6.07, 6.45) is 6.41. The molecule has 1 aliphatic rings. The zero-order chi connectivity index (χ0) is 42.5. The number of nitrogens with one attached hydrogen (secondary N) is 1. The summed E-state index contributed by atoms with van der Waals surface area (Å²) >= 11 is 0.